The number of carbonyl (C=O) groups excluding carboxylic acids is 1. The number of rotatable bonds is 7. The minimum absolute atomic E-state index is 0.168. The molecule has 0 aliphatic heterocycles. The van der Waals surface area contributed by atoms with Gasteiger partial charge in [0.05, 0.1) is 6.61 Å². The summed E-state index contributed by atoms with van der Waals surface area (Å²) < 4.78 is 21.0. The van der Waals surface area contributed by atoms with E-state index >= 15 is 0 Å². The Kier molecular flexibility index (Phi) is 6.61. The molecule has 0 saturated heterocycles. The number of hydrogen-bond acceptors (Lipinski definition) is 4. The van der Waals surface area contributed by atoms with Crippen LogP contribution in [0.15, 0.2) is 59.4 Å². The Balaban J connectivity index is 1.73. The van der Waals surface area contributed by atoms with Crippen LogP contribution in [0.25, 0.3) is 5.69 Å². The van der Waals surface area contributed by atoms with Crippen molar-refractivity contribution in [3.05, 3.63) is 87.6 Å². The van der Waals surface area contributed by atoms with Crippen LogP contribution in [-0.2, 0) is 6.54 Å². The monoisotopic (exact) mass is 409 g/mol. The van der Waals surface area contributed by atoms with Crippen molar-refractivity contribution in [2.45, 2.75) is 27.3 Å². The molecule has 156 valence electrons. The normalized spacial score (nSPS) is 10.8. The molecule has 1 heterocycles. The van der Waals surface area contributed by atoms with Crippen molar-refractivity contribution in [2.75, 3.05) is 6.61 Å². The fourth-order valence-corrected chi connectivity index (χ4v) is 2.80. The van der Waals surface area contributed by atoms with Crippen LogP contribution < -0.4 is 15.5 Å². The van der Waals surface area contributed by atoms with E-state index < -0.39 is 17.2 Å². The Bertz CT molecular complexity index is 1090. The predicted octanol–water partition coefficient (Wildman–Crippen LogP) is 3.64. The lowest BCUT2D eigenvalue weighted by Gasteiger charge is -2.12. The van der Waals surface area contributed by atoms with Crippen molar-refractivity contribution < 1.29 is 13.9 Å². The molecule has 6 nitrogen and oxygen atoms in total. The lowest BCUT2D eigenvalue weighted by atomic mass is 10.2. The zero-order chi connectivity index (χ0) is 21.7. The molecular formula is C23H24FN3O3. The molecule has 0 spiro atoms. The number of benzene rings is 2. The molecule has 7 heteroatoms. The second-order valence-corrected chi connectivity index (χ2v) is 7.39. The number of hydrogen-bond donors (Lipinski definition) is 1. The van der Waals surface area contributed by atoms with E-state index in [1.54, 1.807) is 19.1 Å². The van der Waals surface area contributed by atoms with Crippen molar-refractivity contribution in [1.82, 2.24) is 15.1 Å². The number of carbonyl (C=O) groups is 1. The number of amides is 1. The topological polar surface area (TPSA) is 73.2 Å². The highest BCUT2D eigenvalue weighted by Gasteiger charge is 2.16. The number of para-hydroxylation sites is 1. The zero-order valence-electron chi connectivity index (χ0n) is 17.2. The molecule has 0 saturated carbocycles. The van der Waals surface area contributed by atoms with Gasteiger partial charge in [-0.25, -0.2) is 9.07 Å². The van der Waals surface area contributed by atoms with Gasteiger partial charge in [0, 0.05) is 18.3 Å². The fraction of sp³-hybridized carbons (Fsp3) is 0.261. The Morgan fingerprint density at radius 2 is 1.87 bits per heavy atom. The Hall–Kier alpha value is -3.48. The summed E-state index contributed by atoms with van der Waals surface area (Å²) in [7, 11) is 0. The van der Waals surface area contributed by atoms with Crippen LogP contribution in [0.5, 0.6) is 5.75 Å². The minimum Gasteiger partial charge on any atom is -0.493 e. The van der Waals surface area contributed by atoms with Gasteiger partial charge in [0.2, 0.25) is 5.43 Å². The highest BCUT2D eigenvalue weighted by atomic mass is 19.1. The molecule has 0 atom stereocenters. The van der Waals surface area contributed by atoms with Gasteiger partial charge < -0.3 is 10.1 Å². The first-order chi connectivity index (χ1) is 14.3. The van der Waals surface area contributed by atoms with Crippen LogP contribution in [0.3, 0.4) is 0 Å². The zero-order valence-corrected chi connectivity index (χ0v) is 17.2. The van der Waals surface area contributed by atoms with E-state index in [4.69, 9.17) is 4.74 Å². The molecule has 2 aromatic carbocycles. The summed E-state index contributed by atoms with van der Waals surface area (Å²) in [5.41, 5.74) is 0.636. The van der Waals surface area contributed by atoms with Gasteiger partial charge in [-0.3, -0.25) is 9.59 Å². The van der Waals surface area contributed by atoms with E-state index in [9.17, 15) is 14.0 Å². The van der Waals surface area contributed by atoms with Crippen molar-refractivity contribution in [3.63, 3.8) is 0 Å². The maximum absolute atomic E-state index is 14.1. The van der Waals surface area contributed by atoms with Crippen LogP contribution in [-0.4, -0.2) is 22.3 Å². The van der Waals surface area contributed by atoms with Gasteiger partial charge in [-0.15, -0.1) is 0 Å². The van der Waals surface area contributed by atoms with Crippen LogP contribution >= 0.6 is 0 Å². The van der Waals surface area contributed by atoms with Gasteiger partial charge in [0.15, 0.2) is 5.69 Å². The Labute approximate surface area is 174 Å². The van der Waals surface area contributed by atoms with Crippen molar-refractivity contribution in [3.8, 4) is 11.4 Å². The molecule has 1 amide bonds. The molecule has 1 aromatic heterocycles. The van der Waals surface area contributed by atoms with Gasteiger partial charge in [0.25, 0.3) is 5.91 Å². The summed E-state index contributed by atoms with van der Waals surface area (Å²) in [6, 6.07) is 14.7. The Morgan fingerprint density at radius 3 is 2.53 bits per heavy atom. The molecular weight excluding hydrogens is 385 g/mol. The maximum atomic E-state index is 14.1. The van der Waals surface area contributed by atoms with E-state index in [-0.39, 0.29) is 17.9 Å². The largest absolute Gasteiger partial charge is 0.493 e. The van der Waals surface area contributed by atoms with Gasteiger partial charge in [-0.05, 0) is 42.7 Å². The molecule has 0 bridgehead atoms. The first kappa shape index (κ1) is 21.2. The van der Waals surface area contributed by atoms with E-state index in [2.05, 4.69) is 24.3 Å². The standard InChI is InChI=1S/C23H24FN3O3/c1-15(2)14-30-18-10-8-17(9-11-18)13-25-23(29)22-21(28)12-16(3)27(26-22)20-7-5-4-6-19(20)24/h4-12,15H,13-14H2,1-3H3,(H,25,29). The smallest absolute Gasteiger partial charge is 0.276 e. The molecule has 0 radical (unpaired) electrons. The van der Waals surface area contributed by atoms with Crippen molar-refractivity contribution >= 4 is 5.91 Å². The summed E-state index contributed by atoms with van der Waals surface area (Å²) in [4.78, 5) is 24.8. The third-order valence-corrected chi connectivity index (χ3v) is 4.36. The van der Waals surface area contributed by atoms with E-state index in [0.717, 1.165) is 11.3 Å². The molecule has 3 rings (SSSR count). The van der Waals surface area contributed by atoms with Crippen LogP contribution in [0.2, 0.25) is 0 Å². The van der Waals surface area contributed by atoms with Crippen LogP contribution in [0.1, 0.15) is 35.6 Å². The average molecular weight is 409 g/mol. The summed E-state index contributed by atoms with van der Waals surface area (Å²) in [6.07, 6.45) is 0. The molecule has 0 aliphatic carbocycles. The second-order valence-electron chi connectivity index (χ2n) is 7.39. The average Bonchev–Trinajstić information content (AvgIpc) is 2.72. The molecule has 30 heavy (non-hydrogen) atoms. The quantitative estimate of drug-likeness (QED) is 0.647. The van der Waals surface area contributed by atoms with Gasteiger partial charge >= 0.3 is 0 Å². The summed E-state index contributed by atoms with van der Waals surface area (Å²) in [6.45, 7) is 6.62. The van der Waals surface area contributed by atoms with Crippen LogP contribution in [0.4, 0.5) is 4.39 Å². The molecule has 0 fully saturated rings. The molecule has 0 unspecified atom stereocenters. The lowest BCUT2D eigenvalue weighted by molar-refractivity contribution is 0.0943. The lowest BCUT2D eigenvalue weighted by Crippen LogP contribution is -2.31. The molecule has 0 aliphatic rings. The predicted molar refractivity (Wildman–Crippen MR) is 112 cm³/mol. The third kappa shape index (κ3) is 5.11. The SMILES string of the molecule is Cc1cc(=O)c(C(=O)NCc2ccc(OCC(C)C)cc2)nn1-c1ccccc1F. The third-order valence-electron chi connectivity index (χ3n) is 4.36. The van der Waals surface area contributed by atoms with E-state index in [0.29, 0.717) is 18.2 Å². The van der Waals surface area contributed by atoms with Gasteiger partial charge in [-0.2, -0.15) is 5.10 Å². The number of nitrogens with zero attached hydrogens (tertiary/aromatic N) is 2. The summed E-state index contributed by atoms with van der Waals surface area (Å²) >= 11 is 0. The fourth-order valence-electron chi connectivity index (χ4n) is 2.80. The first-order valence-electron chi connectivity index (χ1n) is 9.71. The molecule has 3 aromatic rings. The summed E-state index contributed by atoms with van der Waals surface area (Å²) in [5.74, 6) is 0.0687. The number of halogens is 1. The van der Waals surface area contributed by atoms with Gasteiger partial charge in [-0.1, -0.05) is 38.1 Å². The minimum atomic E-state index is -0.620. The van der Waals surface area contributed by atoms with E-state index in [1.807, 2.05) is 24.3 Å². The summed E-state index contributed by atoms with van der Waals surface area (Å²) in [5, 5.41) is 6.79. The van der Waals surface area contributed by atoms with Crippen molar-refractivity contribution in [2.24, 2.45) is 5.92 Å². The Morgan fingerprint density at radius 1 is 1.17 bits per heavy atom. The van der Waals surface area contributed by atoms with Crippen molar-refractivity contribution in [1.29, 1.82) is 0 Å². The number of ether oxygens (including phenoxy) is 1. The van der Waals surface area contributed by atoms with Crippen LogP contribution in [0, 0.1) is 18.7 Å². The maximum Gasteiger partial charge on any atom is 0.276 e. The first-order valence-corrected chi connectivity index (χ1v) is 9.71. The second kappa shape index (κ2) is 9.35. The van der Waals surface area contributed by atoms with Gasteiger partial charge in [0.1, 0.15) is 17.3 Å². The molecule has 1 N–H and O–H groups in total. The number of nitrogens with one attached hydrogen (secondary N) is 1. The number of aryl methyl sites for hydroxylation is 1. The highest BCUT2D eigenvalue weighted by molar-refractivity contribution is 5.92. The number of aromatic nitrogens is 2. The highest BCUT2D eigenvalue weighted by Crippen LogP contribution is 2.14. The van der Waals surface area contributed by atoms with E-state index in [1.165, 1.54) is 22.9 Å².